The standard InChI is InChI=1S/C16H27N3O/c1-4-17-16(13-5-6-13)14-7-8-19(10-14)11-15(20)18-9-12(2)3/h7-8,10,12-13,16-17H,4-6,9,11H2,1-3H3,(H,18,20). The van der Waals surface area contributed by atoms with Gasteiger partial charge in [-0.05, 0) is 42.9 Å². The molecule has 0 aromatic carbocycles. The van der Waals surface area contributed by atoms with Crippen molar-refractivity contribution in [3.8, 4) is 0 Å². The van der Waals surface area contributed by atoms with Crippen LogP contribution in [0.5, 0.6) is 0 Å². The topological polar surface area (TPSA) is 46.1 Å². The average Bonchev–Trinajstić information content (AvgIpc) is 3.14. The fourth-order valence-electron chi connectivity index (χ4n) is 2.49. The van der Waals surface area contributed by atoms with Crippen molar-refractivity contribution in [2.75, 3.05) is 13.1 Å². The van der Waals surface area contributed by atoms with E-state index in [0.717, 1.165) is 19.0 Å². The lowest BCUT2D eigenvalue weighted by Crippen LogP contribution is -2.30. The van der Waals surface area contributed by atoms with Crippen molar-refractivity contribution in [2.24, 2.45) is 11.8 Å². The van der Waals surface area contributed by atoms with Crippen LogP contribution in [0.2, 0.25) is 0 Å². The molecule has 20 heavy (non-hydrogen) atoms. The third kappa shape index (κ3) is 4.37. The van der Waals surface area contributed by atoms with Gasteiger partial charge in [-0.3, -0.25) is 4.79 Å². The summed E-state index contributed by atoms with van der Waals surface area (Å²) in [6, 6.07) is 2.60. The summed E-state index contributed by atoms with van der Waals surface area (Å²) in [6.07, 6.45) is 6.76. The molecule has 2 rings (SSSR count). The van der Waals surface area contributed by atoms with Crippen LogP contribution in [0, 0.1) is 11.8 Å². The summed E-state index contributed by atoms with van der Waals surface area (Å²) in [7, 11) is 0. The van der Waals surface area contributed by atoms with E-state index in [1.165, 1.54) is 18.4 Å². The van der Waals surface area contributed by atoms with Gasteiger partial charge < -0.3 is 15.2 Å². The van der Waals surface area contributed by atoms with Gasteiger partial charge in [0.05, 0.1) is 0 Å². The van der Waals surface area contributed by atoms with Crippen LogP contribution in [0.4, 0.5) is 0 Å². The number of carbonyl (C=O) groups excluding carboxylic acids is 1. The Morgan fingerprint density at radius 1 is 1.45 bits per heavy atom. The van der Waals surface area contributed by atoms with Crippen molar-refractivity contribution in [2.45, 2.75) is 46.2 Å². The molecule has 1 amide bonds. The highest BCUT2D eigenvalue weighted by atomic mass is 16.1. The molecule has 1 saturated carbocycles. The summed E-state index contributed by atoms with van der Waals surface area (Å²) in [4.78, 5) is 11.8. The summed E-state index contributed by atoms with van der Waals surface area (Å²) < 4.78 is 1.98. The zero-order chi connectivity index (χ0) is 14.5. The first-order chi connectivity index (χ1) is 9.60. The number of rotatable bonds is 8. The molecule has 0 radical (unpaired) electrons. The van der Waals surface area contributed by atoms with Crippen LogP contribution in [0.1, 0.15) is 45.2 Å². The highest BCUT2D eigenvalue weighted by molar-refractivity contribution is 5.75. The van der Waals surface area contributed by atoms with Gasteiger partial charge in [-0.25, -0.2) is 0 Å². The summed E-state index contributed by atoms with van der Waals surface area (Å²) in [5.41, 5.74) is 1.31. The largest absolute Gasteiger partial charge is 0.354 e. The van der Waals surface area contributed by atoms with Gasteiger partial charge in [-0.15, -0.1) is 0 Å². The molecule has 1 aromatic heterocycles. The SMILES string of the molecule is CCNC(c1ccn(CC(=O)NCC(C)C)c1)C1CC1. The van der Waals surface area contributed by atoms with Crippen molar-refractivity contribution in [1.29, 1.82) is 0 Å². The second kappa shape index (κ2) is 6.93. The molecule has 0 bridgehead atoms. The minimum absolute atomic E-state index is 0.0901. The molecule has 1 aliphatic rings. The van der Waals surface area contributed by atoms with Crippen LogP contribution in [0.15, 0.2) is 18.5 Å². The molecule has 1 atom stereocenters. The first-order valence-electron chi connectivity index (χ1n) is 7.76. The van der Waals surface area contributed by atoms with Crippen LogP contribution in [0.3, 0.4) is 0 Å². The maximum atomic E-state index is 11.8. The Balaban J connectivity index is 1.89. The molecule has 1 unspecified atom stereocenters. The van der Waals surface area contributed by atoms with Crippen LogP contribution >= 0.6 is 0 Å². The maximum Gasteiger partial charge on any atom is 0.239 e. The van der Waals surface area contributed by atoms with Crippen LogP contribution in [0.25, 0.3) is 0 Å². The molecular weight excluding hydrogens is 250 g/mol. The van der Waals surface area contributed by atoms with E-state index in [2.05, 4.69) is 43.7 Å². The lowest BCUT2D eigenvalue weighted by atomic mass is 10.1. The Morgan fingerprint density at radius 2 is 2.20 bits per heavy atom. The summed E-state index contributed by atoms with van der Waals surface area (Å²) in [5, 5.41) is 6.51. The zero-order valence-electron chi connectivity index (χ0n) is 12.9. The van der Waals surface area contributed by atoms with Gasteiger partial charge >= 0.3 is 0 Å². The van der Waals surface area contributed by atoms with Crippen LogP contribution in [-0.2, 0) is 11.3 Å². The van der Waals surface area contributed by atoms with E-state index in [-0.39, 0.29) is 5.91 Å². The second-order valence-electron chi connectivity index (χ2n) is 6.19. The van der Waals surface area contributed by atoms with Gasteiger partial charge in [0.1, 0.15) is 6.54 Å². The van der Waals surface area contributed by atoms with Gasteiger partial charge in [-0.1, -0.05) is 20.8 Å². The number of aromatic nitrogens is 1. The lowest BCUT2D eigenvalue weighted by Gasteiger charge is -2.15. The molecule has 1 heterocycles. The number of hydrogen-bond acceptors (Lipinski definition) is 2. The average molecular weight is 277 g/mol. The van der Waals surface area contributed by atoms with Crippen molar-refractivity contribution in [3.63, 3.8) is 0 Å². The van der Waals surface area contributed by atoms with E-state index in [1.54, 1.807) is 0 Å². The number of amides is 1. The van der Waals surface area contributed by atoms with Crippen molar-refractivity contribution in [1.82, 2.24) is 15.2 Å². The first kappa shape index (κ1) is 15.1. The molecular formula is C16H27N3O. The van der Waals surface area contributed by atoms with Gasteiger partial charge in [-0.2, -0.15) is 0 Å². The van der Waals surface area contributed by atoms with Gasteiger partial charge in [0.25, 0.3) is 0 Å². The van der Waals surface area contributed by atoms with Crippen molar-refractivity contribution in [3.05, 3.63) is 24.0 Å². The number of nitrogens with zero attached hydrogens (tertiary/aromatic N) is 1. The second-order valence-corrected chi connectivity index (χ2v) is 6.19. The Bertz CT molecular complexity index is 435. The molecule has 1 fully saturated rings. The van der Waals surface area contributed by atoms with Gasteiger partial charge in [0.2, 0.25) is 5.91 Å². The molecule has 1 aromatic rings. The third-order valence-electron chi connectivity index (χ3n) is 3.68. The maximum absolute atomic E-state index is 11.8. The van der Waals surface area contributed by atoms with E-state index >= 15 is 0 Å². The minimum atomic E-state index is 0.0901. The van der Waals surface area contributed by atoms with Gasteiger partial charge in [0.15, 0.2) is 0 Å². The third-order valence-corrected chi connectivity index (χ3v) is 3.68. The quantitative estimate of drug-likeness (QED) is 0.766. The van der Waals surface area contributed by atoms with Crippen molar-refractivity contribution < 1.29 is 4.79 Å². The van der Waals surface area contributed by atoms with Crippen molar-refractivity contribution >= 4 is 5.91 Å². The number of hydrogen-bond donors (Lipinski definition) is 2. The fourth-order valence-corrected chi connectivity index (χ4v) is 2.49. The number of carbonyl (C=O) groups is 1. The summed E-state index contributed by atoms with van der Waals surface area (Å²) in [6.45, 7) is 8.49. The highest BCUT2D eigenvalue weighted by Gasteiger charge is 2.32. The van der Waals surface area contributed by atoms with E-state index < -0.39 is 0 Å². The molecule has 112 valence electrons. The normalized spacial score (nSPS) is 16.4. The van der Waals surface area contributed by atoms with Gasteiger partial charge in [0, 0.05) is 25.0 Å². The predicted molar refractivity (Wildman–Crippen MR) is 81.4 cm³/mol. The number of nitrogens with one attached hydrogen (secondary N) is 2. The molecule has 0 spiro atoms. The lowest BCUT2D eigenvalue weighted by molar-refractivity contribution is -0.121. The Morgan fingerprint density at radius 3 is 2.80 bits per heavy atom. The van der Waals surface area contributed by atoms with Crippen LogP contribution < -0.4 is 10.6 Å². The summed E-state index contributed by atoms with van der Waals surface area (Å²) >= 11 is 0. The molecule has 1 aliphatic carbocycles. The zero-order valence-corrected chi connectivity index (χ0v) is 12.9. The predicted octanol–water partition coefficient (Wildman–Crippen LogP) is 2.32. The molecule has 4 nitrogen and oxygen atoms in total. The van der Waals surface area contributed by atoms with E-state index in [0.29, 0.717) is 18.5 Å². The minimum Gasteiger partial charge on any atom is -0.354 e. The van der Waals surface area contributed by atoms with Crippen LogP contribution in [-0.4, -0.2) is 23.6 Å². The fraction of sp³-hybridized carbons (Fsp3) is 0.688. The molecule has 0 saturated heterocycles. The van der Waals surface area contributed by atoms with E-state index in [1.807, 2.05) is 10.8 Å². The Kier molecular flexibility index (Phi) is 5.24. The molecule has 2 N–H and O–H groups in total. The Labute approximate surface area is 121 Å². The smallest absolute Gasteiger partial charge is 0.239 e. The monoisotopic (exact) mass is 277 g/mol. The highest BCUT2D eigenvalue weighted by Crippen LogP contribution is 2.40. The Hall–Kier alpha value is -1.29. The molecule has 0 aliphatic heterocycles. The first-order valence-corrected chi connectivity index (χ1v) is 7.76. The van der Waals surface area contributed by atoms with E-state index in [4.69, 9.17) is 0 Å². The molecule has 4 heteroatoms. The van der Waals surface area contributed by atoms with E-state index in [9.17, 15) is 4.79 Å². The summed E-state index contributed by atoms with van der Waals surface area (Å²) in [5.74, 6) is 1.36.